The van der Waals surface area contributed by atoms with Crippen LogP contribution in [0.15, 0.2) is 0 Å². The molecule has 118 valence electrons. The van der Waals surface area contributed by atoms with Crippen molar-refractivity contribution < 1.29 is 14.3 Å². The topological polar surface area (TPSA) is 35.5 Å². The van der Waals surface area contributed by atoms with Gasteiger partial charge in [-0.05, 0) is 60.3 Å². The van der Waals surface area contributed by atoms with Crippen LogP contribution in [0.2, 0.25) is 0 Å². The highest BCUT2D eigenvalue weighted by atomic mass is 16.6. The van der Waals surface area contributed by atoms with E-state index in [1.54, 1.807) is 0 Å². The Bertz CT molecular complexity index is 303. The minimum Gasteiger partial charge on any atom is -0.463 e. The first-order valence-corrected chi connectivity index (χ1v) is 7.94. The van der Waals surface area contributed by atoms with Gasteiger partial charge in [-0.1, -0.05) is 19.3 Å². The van der Waals surface area contributed by atoms with Crippen LogP contribution in [0.3, 0.4) is 0 Å². The molecule has 3 heteroatoms. The van der Waals surface area contributed by atoms with Crippen molar-refractivity contribution in [1.82, 2.24) is 0 Å². The van der Waals surface area contributed by atoms with E-state index in [1.807, 2.05) is 20.8 Å². The predicted molar refractivity (Wildman–Crippen MR) is 81.6 cm³/mol. The largest absolute Gasteiger partial charge is 0.463 e. The summed E-state index contributed by atoms with van der Waals surface area (Å²) in [6.07, 6.45) is 6.26. The standard InChI is InChI=1S/C17H32O3/c1-16(2,3)15(18)19-12-14(20-17(4,5)6)13-10-8-7-9-11-13/h13-14H,7-12H2,1-6H3. The van der Waals surface area contributed by atoms with Crippen LogP contribution in [0.1, 0.15) is 73.6 Å². The van der Waals surface area contributed by atoms with Crippen molar-refractivity contribution in [2.24, 2.45) is 11.3 Å². The molecule has 0 N–H and O–H groups in total. The van der Waals surface area contributed by atoms with Gasteiger partial charge in [0.1, 0.15) is 6.61 Å². The lowest BCUT2D eigenvalue weighted by Crippen LogP contribution is -2.39. The van der Waals surface area contributed by atoms with Crippen molar-refractivity contribution >= 4 is 5.97 Å². The summed E-state index contributed by atoms with van der Waals surface area (Å²) in [4.78, 5) is 11.9. The van der Waals surface area contributed by atoms with Gasteiger partial charge in [-0.2, -0.15) is 0 Å². The SMILES string of the molecule is CC(C)(C)OC(COC(=O)C(C)(C)C)C1CCCCC1. The number of carbonyl (C=O) groups is 1. The van der Waals surface area contributed by atoms with E-state index in [2.05, 4.69) is 20.8 Å². The van der Waals surface area contributed by atoms with Crippen molar-refractivity contribution in [2.45, 2.75) is 85.4 Å². The molecule has 0 bridgehead atoms. The zero-order valence-corrected chi connectivity index (χ0v) is 14.1. The van der Waals surface area contributed by atoms with Gasteiger partial charge in [0, 0.05) is 0 Å². The first-order chi connectivity index (χ1) is 9.09. The van der Waals surface area contributed by atoms with E-state index in [0.29, 0.717) is 12.5 Å². The third-order valence-electron chi connectivity index (χ3n) is 3.67. The highest BCUT2D eigenvalue weighted by Gasteiger charge is 2.31. The Morgan fingerprint density at radius 1 is 1.05 bits per heavy atom. The molecule has 0 radical (unpaired) electrons. The van der Waals surface area contributed by atoms with Crippen molar-refractivity contribution in [1.29, 1.82) is 0 Å². The summed E-state index contributed by atoms with van der Waals surface area (Å²) in [6.45, 7) is 12.2. The van der Waals surface area contributed by atoms with Gasteiger partial charge in [0.15, 0.2) is 0 Å². The Balaban J connectivity index is 2.60. The zero-order chi connectivity index (χ0) is 15.4. The number of hydrogen-bond acceptors (Lipinski definition) is 3. The molecule has 0 heterocycles. The van der Waals surface area contributed by atoms with E-state index in [-0.39, 0.29) is 17.7 Å². The highest BCUT2D eigenvalue weighted by molar-refractivity contribution is 5.75. The minimum atomic E-state index is -0.446. The molecule has 1 aliphatic rings. The lowest BCUT2D eigenvalue weighted by molar-refractivity contribution is -0.166. The average molecular weight is 284 g/mol. The van der Waals surface area contributed by atoms with E-state index in [0.717, 1.165) is 0 Å². The van der Waals surface area contributed by atoms with Crippen molar-refractivity contribution in [2.75, 3.05) is 6.61 Å². The summed E-state index contributed by atoms with van der Waals surface area (Å²) >= 11 is 0. The fourth-order valence-electron chi connectivity index (χ4n) is 2.60. The third-order valence-corrected chi connectivity index (χ3v) is 3.67. The molecule has 0 aliphatic heterocycles. The Hall–Kier alpha value is -0.570. The normalized spacial score (nSPS) is 19.7. The van der Waals surface area contributed by atoms with Crippen molar-refractivity contribution in [3.63, 3.8) is 0 Å². The number of carbonyl (C=O) groups excluding carboxylic acids is 1. The quantitative estimate of drug-likeness (QED) is 0.720. The zero-order valence-electron chi connectivity index (χ0n) is 14.1. The number of hydrogen-bond donors (Lipinski definition) is 0. The number of ether oxygens (including phenoxy) is 2. The molecule has 0 aromatic rings. The third kappa shape index (κ3) is 6.25. The van der Waals surface area contributed by atoms with Crippen LogP contribution in [0.4, 0.5) is 0 Å². The predicted octanol–water partition coefficient (Wildman–Crippen LogP) is 4.34. The fraction of sp³-hybridized carbons (Fsp3) is 0.941. The van der Waals surface area contributed by atoms with E-state index in [1.165, 1.54) is 32.1 Å². The Labute approximate surface area is 124 Å². The van der Waals surface area contributed by atoms with Crippen molar-refractivity contribution in [3.8, 4) is 0 Å². The molecule has 0 aromatic heterocycles. The van der Waals surface area contributed by atoms with Gasteiger partial charge < -0.3 is 9.47 Å². The van der Waals surface area contributed by atoms with Crippen LogP contribution < -0.4 is 0 Å². The van der Waals surface area contributed by atoms with Gasteiger partial charge in [-0.3, -0.25) is 4.79 Å². The number of esters is 1. The van der Waals surface area contributed by atoms with Crippen LogP contribution in [0, 0.1) is 11.3 Å². The Kier molecular flexibility index (Phi) is 6.06. The molecule has 1 unspecified atom stereocenters. The summed E-state index contributed by atoms with van der Waals surface area (Å²) < 4.78 is 11.7. The molecule has 1 fully saturated rings. The first-order valence-electron chi connectivity index (χ1n) is 7.94. The van der Waals surface area contributed by atoms with Gasteiger partial charge in [0.2, 0.25) is 0 Å². The maximum atomic E-state index is 11.9. The van der Waals surface area contributed by atoms with E-state index in [4.69, 9.17) is 9.47 Å². The van der Waals surface area contributed by atoms with Crippen LogP contribution in [0.5, 0.6) is 0 Å². The monoisotopic (exact) mass is 284 g/mol. The van der Waals surface area contributed by atoms with E-state index < -0.39 is 5.41 Å². The lowest BCUT2D eigenvalue weighted by Gasteiger charge is -2.35. The summed E-state index contributed by atoms with van der Waals surface area (Å²) in [6, 6.07) is 0. The highest BCUT2D eigenvalue weighted by Crippen LogP contribution is 2.30. The van der Waals surface area contributed by atoms with Gasteiger partial charge in [-0.15, -0.1) is 0 Å². The summed E-state index contributed by atoms with van der Waals surface area (Å²) in [7, 11) is 0. The maximum absolute atomic E-state index is 11.9. The maximum Gasteiger partial charge on any atom is 0.311 e. The van der Waals surface area contributed by atoms with Crippen LogP contribution in [0.25, 0.3) is 0 Å². The van der Waals surface area contributed by atoms with Gasteiger partial charge in [0.25, 0.3) is 0 Å². The minimum absolute atomic E-state index is 0.0293. The summed E-state index contributed by atoms with van der Waals surface area (Å²) in [5, 5.41) is 0. The van der Waals surface area contributed by atoms with E-state index in [9.17, 15) is 4.79 Å². The van der Waals surface area contributed by atoms with Gasteiger partial charge >= 0.3 is 5.97 Å². The molecular weight excluding hydrogens is 252 g/mol. The number of rotatable bonds is 4. The van der Waals surface area contributed by atoms with E-state index >= 15 is 0 Å². The summed E-state index contributed by atoms with van der Waals surface area (Å²) in [5.41, 5.74) is -0.644. The first kappa shape index (κ1) is 17.5. The van der Waals surface area contributed by atoms with Gasteiger partial charge in [0.05, 0.1) is 17.1 Å². The molecule has 3 nitrogen and oxygen atoms in total. The Morgan fingerprint density at radius 2 is 1.60 bits per heavy atom. The van der Waals surface area contributed by atoms with Crippen molar-refractivity contribution in [3.05, 3.63) is 0 Å². The molecule has 1 atom stereocenters. The average Bonchev–Trinajstić information content (AvgIpc) is 2.32. The van der Waals surface area contributed by atoms with Crippen LogP contribution in [-0.4, -0.2) is 24.3 Å². The van der Waals surface area contributed by atoms with Gasteiger partial charge in [-0.25, -0.2) is 0 Å². The molecule has 0 spiro atoms. The van der Waals surface area contributed by atoms with Crippen LogP contribution in [-0.2, 0) is 14.3 Å². The summed E-state index contributed by atoms with van der Waals surface area (Å²) in [5.74, 6) is 0.381. The molecule has 20 heavy (non-hydrogen) atoms. The fourth-order valence-corrected chi connectivity index (χ4v) is 2.60. The van der Waals surface area contributed by atoms with Crippen LogP contribution >= 0.6 is 0 Å². The smallest absolute Gasteiger partial charge is 0.311 e. The molecule has 1 rings (SSSR count). The molecule has 1 aliphatic carbocycles. The lowest BCUT2D eigenvalue weighted by atomic mass is 9.85. The molecule has 0 amide bonds. The molecule has 0 saturated heterocycles. The second-order valence-corrected chi connectivity index (χ2v) is 8.02. The Morgan fingerprint density at radius 3 is 2.05 bits per heavy atom. The molecule has 1 saturated carbocycles. The molecular formula is C17H32O3. The second-order valence-electron chi connectivity index (χ2n) is 8.02. The second kappa shape index (κ2) is 6.93. The molecule has 0 aromatic carbocycles.